The van der Waals surface area contributed by atoms with E-state index in [4.69, 9.17) is 37.0 Å². The number of carbonyl (C=O) groups is 4. The molecule has 0 aromatic carbocycles. The summed E-state index contributed by atoms with van der Waals surface area (Å²) in [5, 5.41) is 10.6. The maximum Gasteiger partial charge on any atom is 0.472 e. The molecule has 0 aromatic heterocycles. The molecule has 0 spiro atoms. The van der Waals surface area contributed by atoms with Crippen LogP contribution in [0.2, 0.25) is 0 Å². The van der Waals surface area contributed by atoms with Gasteiger partial charge in [-0.05, 0) is 116 Å². The number of aliphatic hydroxyl groups is 1. The van der Waals surface area contributed by atoms with Gasteiger partial charge in [0.05, 0.1) is 26.4 Å². The highest BCUT2D eigenvalue weighted by molar-refractivity contribution is 7.47. The molecule has 0 saturated heterocycles. The number of carbonyl (C=O) groups excluding carboxylic acids is 4. The van der Waals surface area contributed by atoms with Crippen molar-refractivity contribution in [2.75, 3.05) is 39.6 Å². The second kappa shape index (κ2) is 73.8. The summed E-state index contributed by atoms with van der Waals surface area (Å²) in [4.78, 5) is 72.9. The first kappa shape index (κ1) is 96.5. The van der Waals surface area contributed by atoms with Crippen LogP contribution in [-0.4, -0.2) is 96.7 Å². The fourth-order valence-electron chi connectivity index (χ4n) is 10.9. The monoisotopic (exact) mass is 1450 g/mol. The van der Waals surface area contributed by atoms with Crippen molar-refractivity contribution in [2.24, 2.45) is 0 Å². The lowest BCUT2D eigenvalue weighted by Crippen LogP contribution is -2.30. The Hall–Kier alpha value is -3.50. The number of phosphoric ester groups is 2. The number of phosphoric acid groups is 2. The van der Waals surface area contributed by atoms with Gasteiger partial charge in [-0.1, -0.05) is 293 Å². The van der Waals surface area contributed by atoms with Gasteiger partial charge < -0.3 is 33.8 Å². The molecule has 5 atom stereocenters. The third kappa shape index (κ3) is 72.8. The zero-order valence-corrected chi connectivity index (χ0v) is 65.4. The summed E-state index contributed by atoms with van der Waals surface area (Å²) >= 11 is 0. The fraction of sp³-hybridized carbons (Fsp3) is 0.802. The van der Waals surface area contributed by atoms with E-state index in [0.717, 1.165) is 167 Å². The molecular formula is C81H146O17P2. The van der Waals surface area contributed by atoms with Gasteiger partial charge in [0.25, 0.3) is 0 Å². The lowest BCUT2D eigenvalue weighted by Gasteiger charge is -2.21. The summed E-state index contributed by atoms with van der Waals surface area (Å²) in [7, 11) is -9.95. The molecule has 19 heteroatoms. The van der Waals surface area contributed by atoms with Gasteiger partial charge in [-0.25, -0.2) is 9.13 Å². The first-order valence-corrected chi connectivity index (χ1v) is 43.2. The maximum absolute atomic E-state index is 13.1. The molecule has 0 fully saturated rings. The summed E-state index contributed by atoms with van der Waals surface area (Å²) in [5.41, 5.74) is 0. The Morgan fingerprint density at radius 2 is 0.500 bits per heavy atom. The molecule has 0 amide bonds. The molecular weight excluding hydrogens is 1310 g/mol. The highest BCUT2D eigenvalue weighted by atomic mass is 31.2. The SMILES string of the molecule is CCCC/C=C\CCCCCCCC(=O)OC(COC(=O)CCCCCCCC/C=C\C/C=C\C/C=C\CCCCC)COP(=O)(O)OCC(O)COP(=O)(O)OCC(COC(=O)CCCCCCC/C=C\C/C=C\CCCCC)OC(=O)CCCCCCCCCCCCCCCCC. The quantitative estimate of drug-likeness (QED) is 0.0169. The normalized spacial score (nSPS) is 14.3. The first-order valence-electron chi connectivity index (χ1n) is 40.2. The van der Waals surface area contributed by atoms with Crippen molar-refractivity contribution in [3.63, 3.8) is 0 Å². The van der Waals surface area contributed by atoms with Gasteiger partial charge >= 0.3 is 39.5 Å². The predicted molar refractivity (Wildman–Crippen MR) is 409 cm³/mol. The van der Waals surface area contributed by atoms with E-state index in [1.54, 1.807) is 0 Å². The predicted octanol–water partition coefficient (Wildman–Crippen LogP) is 23.2. The van der Waals surface area contributed by atoms with Crippen molar-refractivity contribution >= 4 is 39.5 Å². The zero-order chi connectivity index (χ0) is 73.2. The molecule has 582 valence electrons. The molecule has 0 aliphatic carbocycles. The summed E-state index contributed by atoms with van der Waals surface area (Å²) in [5.74, 6) is -2.19. The minimum absolute atomic E-state index is 0.0836. The van der Waals surface area contributed by atoms with Crippen molar-refractivity contribution in [1.82, 2.24) is 0 Å². The zero-order valence-electron chi connectivity index (χ0n) is 63.6. The van der Waals surface area contributed by atoms with Gasteiger partial charge in [0.15, 0.2) is 12.2 Å². The van der Waals surface area contributed by atoms with Crippen LogP contribution in [0.3, 0.4) is 0 Å². The number of ether oxygens (including phenoxy) is 4. The molecule has 0 rings (SSSR count). The number of allylic oxidation sites excluding steroid dienone is 12. The van der Waals surface area contributed by atoms with E-state index in [9.17, 15) is 43.2 Å². The van der Waals surface area contributed by atoms with Gasteiger partial charge in [-0.15, -0.1) is 0 Å². The summed E-state index contributed by atoms with van der Waals surface area (Å²) < 4.78 is 68.6. The molecule has 0 radical (unpaired) electrons. The molecule has 0 aromatic rings. The number of unbranched alkanes of at least 4 members (excludes halogenated alkanes) is 38. The van der Waals surface area contributed by atoms with Crippen LogP contribution in [0.5, 0.6) is 0 Å². The second-order valence-electron chi connectivity index (χ2n) is 27.0. The van der Waals surface area contributed by atoms with Gasteiger partial charge in [-0.2, -0.15) is 0 Å². The van der Waals surface area contributed by atoms with E-state index in [1.807, 2.05) is 0 Å². The molecule has 3 N–H and O–H groups in total. The second-order valence-corrected chi connectivity index (χ2v) is 29.9. The molecule has 0 aliphatic rings. The fourth-order valence-corrected chi connectivity index (χ4v) is 12.5. The van der Waals surface area contributed by atoms with Gasteiger partial charge in [0.2, 0.25) is 0 Å². The molecule has 17 nitrogen and oxygen atoms in total. The van der Waals surface area contributed by atoms with Crippen LogP contribution in [-0.2, 0) is 65.4 Å². The standard InChI is InChI=1S/C81H146O17P2/c1-5-9-13-17-21-25-29-32-35-36-37-38-41-43-47-50-54-58-62-66-79(84)91-71-76(97-80(85)67-63-59-55-51-45-28-24-20-16-12-8-4)73-95-99(87,88)93-69-75(82)70-94-100(89,90)96-74-77(98-81(86)68-64-60-56-52-48-44-40-34-31-27-23-19-15-11-7-3)72-92-78(83)65-61-57-53-49-46-42-39-33-30-26-22-18-14-10-6-2/h20-22,24-26,32-33,35,37-39,75-77,82H,5-19,23,27-31,34,36,40-74H2,1-4H3,(H,87,88)(H,89,90)/b24-20-,25-21-,26-22-,35-32-,38-37-,39-33-. The van der Waals surface area contributed by atoms with E-state index in [0.29, 0.717) is 25.7 Å². The highest BCUT2D eigenvalue weighted by Crippen LogP contribution is 2.45. The van der Waals surface area contributed by atoms with Crippen molar-refractivity contribution in [1.29, 1.82) is 0 Å². The molecule has 100 heavy (non-hydrogen) atoms. The Morgan fingerprint density at radius 1 is 0.280 bits per heavy atom. The van der Waals surface area contributed by atoms with Crippen LogP contribution < -0.4 is 0 Å². The minimum atomic E-state index is -4.97. The van der Waals surface area contributed by atoms with Gasteiger partial charge in [-0.3, -0.25) is 37.3 Å². The van der Waals surface area contributed by atoms with E-state index in [-0.39, 0.29) is 25.7 Å². The van der Waals surface area contributed by atoms with Crippen molar-refractivity contribution in [2.45, 2.75) is 380 Å². The Kier molecular flexibility index (Phi) is 71.2. The van der Waals surface area contributed by atoms with Crippen LogP contribution in [0.25, 0.3) is 0 Å². The molecule has 0 bridgehead atoms. The lowest BCUT2D eigenvalue weighted by molar-refractivity contribution is -0.161. The Balaban J connectivity index is 5.30. The number of aliphatic hydroxyl groups excluding tert-OH is 1. The minimum Gasteiger partial charge on any atom is -0.462 e. The molecule has 0 heterocycles. The van der Waals surface area contributed by atoms with E-state index in [1.165, 1.54) is 116 Å². The number of rotatable bonds is 76. The highest BCUT2D eigenvalue weighted by Gasteiger charge is 2.30. The number of hydrogen-bond acceptors (Lipinski definition) is 15. The van der Waals surface area contributed by atoms with Crippen molar-refractivity contribution < 1.29 is 80.2 Å². The summed E-state index contributed by atoms with van der Waals surface area (Å²) in [6.45, 7) is 4.80. The van der Waals surface area contributed by atoms with E-state index in [2.05, 4.69) is 101 Å². The molecule has 0 saturated carbocycles. The summed E-state index contributed by atoms with van der Waals surface area (Å²) in [6, 6.07) is 0. The van der Waals surface area contributed by atoms with Gasteiger partial charge in [0.1, 0.15) is 19.3 Å². The molecule has 5 unspecified atom stereocenters. The van der Waals surface area contributed by atoms with Crippen LogP contribution in [0.1, 0.15) is 362 Å². The van der Waals surface area contributed by atoms with Crippen LogP contribution >= 0.6 is 15.6 Å². The third-order valence-electron chi connectivity index (χ3n) is 17.1. The van der Waals surface area contributed by atoms with Crippen LogP contribution in [0.4, 0.5) is 0 Å². The van der Waals surface area contributed by atoms with E-state index >= 15 is 0 Å². The van der Waals surface area contributed by atoms with E-state index < -0.39 is 97.5 Å². The first-order chi connectivity index (χ1) is 48.7. The maximum atomic E-state index is 13.1. The summed E-state index contributed by atoms with van der Waals surface area (Å²) in [6.07, 6.45) is 74.5. The smallest absolute Gasteiger partial charge is 0.462 e. The van der Waals surface area contributed by atoms with Crippen molar-refractivity contribution in [3.05, 3.63) is 72.9 Å². The van der Waals surface area contributed by atoms with Gasteiger partial charge in [0, 0.05) is 25.7 Å². The average molecular weight is 1450 g/mol. The Morgan fingerprint density at radius 3 is 0.810 bits per heavy atom. The molecule has 0 aliphatic heterocycles. The average Bonchev–Trinajstić information content (AvgIpc) is 1.16. The topological polar surface area (TPSA) is 237 Å². The Bertz CT molecular complexity index is 2180. The third-order valence-corrected chi connectivity index (χ3v) is 19.0. The van der Waals surface area contributed by atoms with Crippen LogP contribution in [0, 0.1) is 0 Å². The number of esters is 4. The van der Waals surface area contributed by atoms with Crippen molar-refractivity contribution in [3.8, 4) is 0 Å². The van der Waals surface area contributed by atoms with Crippen LogP contribution in [0.15, 0.2) is 72.9 Å². The lowest BCUT2D eigenvalue weighted by atomic mass is 10.0. The largest absolute Gasteiger partial charge is 0.472 e. The Labute approximate surface area is 609 Å². The number of hydrogen-bond donors (Lipinski definition) is 3.